The van der Waals surface area contributed by atoms with E-state index in [1.54, 1.807) is 31.4 Å². The van der Waals surface area contributed by atoms with Crippen LogP contribution in [0, 0.1) is 0 Å². The molecule has 0 fully saturated rings. The molecule has 0 aliphatic carbocycles. The highest BCUT2D eigenvalue weighted by Crippen LogP contribution is 2.10. The molecular weight excluding hydrogens is 220 g/mol. The van der Waals surface area contributed by atoms with Crippen LogP contribution in [0.15, 0.2) is 29.4 Å². The van der Waals surface area contributed by atoms with Gasteiger partial charge in [-0.2, -0.15) is 0 Å². The number of rotatable bonds is 6. The molecule has 1 aromatic carbocycles. The summed E-state index contributed by atoms with van der Waals surface area (Å²) in [5.74, 6) is 0.568. The summed E-state index contributed by atoms with van der Waals surface area (Å²) >= 11 is 0. The molecule has 90 valence electrons. The zero-order valence-electron chi connectivity index (χ0n) is 9.59. The molecule has 1 amide bonds. The minimum absolute atomic E-state index is 0.145. The topological polar surface area (TPSA) is 87.1 Å². The van der Waals surface area contributed by atoms with E-state index in [4.69, 9.17) is 10.3 Å². The number of nitrogens with one attached hydrogen (secondary N) is 1. The first-order valence-corrected chi connectivity index (χ1v) is 5.21. The summed E-state index contributed by atoms with van der Waals surface area (Å²) in [6.45, 7) is 0.878. The highest BCUT2D eigenvalue weighted by atomic mass is 16.5. The minimum atomic E-state index is -0.145. The van der Waals surface area contributed by atoms with Gasteiger partial charge < -0.3 is 10.1 Å². The Labute approximate surface area is 99.2 Å². The van der Waals surface area contributed by atoms with Crippen molar-refractivity contribution in [2.24, 2.45) is 5.11 Å². The first kappa shape index (κ1) is 12.9. The number of carbonyl (C=O) groups excluding carboxylic acids is 1. The van der Waals surface area contributed by atoms with Crippen molar-refractivity contribution >= 4 is 5.91 Å². The number of hydrogen-bond donors (Lipinski definition) is 1. The van der Waals surface area contributed by atoms with E-state index in [0.29, 0.717) is 30.8 Å². The third-order valence-corrected chi connectivity index (χ3v) is 2.14. The minimum Gasteiger partial charge on any atom is -0.497 e. The molecule has 0 saturated heterocycles. The van der Waals surface area contributed by atoms with Crippen molar-refractivity contribution < 1.29 is 9.53 Å². The van der Waals surface area contributed by atoms with Crippen LogP contribution in [-0.4, -0.2) is 26.1 Å². The number of methoxy groups -OCH3 is 1. The predicted molar refractivity (Wildman–Crippen MR) is 64.0 cm³/mol. The number of nitrogens with zero attached hydrogens (tertiary/aromatic N) is 3. The third kappa shape index (κ3) is 4.44. The summed E-state index contributed by atoms with van der Waals surface area (Å²) in [4.78, 5) is 14.2. The standard InChI is InChI=1S/C11H14N4O2/c1-17-10-5-3-9(4-6-10)11(16)13-7-2-8-14-15-12/h3-6H,2,7-8H2,1H3,(H,13,16). The average molecular weight is 234 g/mol. The van der Waals surface area contributed by atoms with Gasteiger partial charge in [0.05, 0.1) is 7.11 Å². The van der Waals surface area contributed by atoms with Gasteiger partial charge in [0.1, 0.15) is 5.75 Å². The lowest BCUT2D eigenvalue weighted by atomic mass is 10.2. The van der Waals surface area contributed by atoms with E-state index in [9.17, 15) is 4.79 Å². The Morgan fingerprint density at radius 2 is 2.18 bits per heavy atom. The van der Waals surface area contributed by atoms with Crippen molar-refractivity contribution in [1.29, 1.82) is 0 Å². The van der Waals surface area contributed by atoms with Gasteiger partial charge in [0.25, 0.3) is 5.91 Å². The number of benzene rings is 1. The lowest BCUT2D eigenvalue weighted by Crippen LogP contribution is -2.24. The normalized spacial score (nSPS) is 9.24. The van der Waals surface area contributed by atoms with E-state index >= 15 is 0 Å². The maximum Gasteiger partial charge on any atom is 0.251 e. The van der Waals surface area contributed by atoms with Crippen LogP contribution in [0.3, 0.4) is 0 Å². The molecular formula is C11H14N4O2. The van der Waals surface area contributed by atoms with E-state index < -0.39 is 0 Å². The summed E-state index contributed by atoms with van der Waals surface area (Å²) in [6, 6.07) is 6.85. The smallest absolute Gasteiger partial charge is 0.251 e. The summed E-state index contributed by atoms with van der Waals surface area (Å²) in [7, 11) is 1.57. The second-order valence-electron chi connectivity index (χ2n) is 3.29. The van der Waals surface area contributed by atoms with Gasteiger partial charge in [-0.1, -0.05) is 5.11 Å². The van der Waals surface area contributed by atoms with Crippen molar-refractivity contribution in [3.8, 4) is 5.75 Å². The maximum atomic E-state index is 11.6. The molecule has 0 atom stereocenters. The summed E-state index contributed by atoms with van der Waals surface area (Å²) in [5.41, 5.74) is 8.64. The molecule has 0 radical (unpaired) electrons. The first-order valence-electron chi connectivity index (χ1n) is 5.21. The fourth-order valence-electron chi connectivity index (χ4n) is 1.24. The Morgan fingerprint density at radius 1 is 1.47 bits per heavy atom. The van der Waals surface area contributed by atoms with Gasteiger partial charge in [0.15, 0.2) is 0 Å². The largest absolute Gasteiger partial charge is 0.497 e. The Bertz CT molecular complexity index is 410. The average Bonchev–Trinajstić information content (AvgIpc) is 2.38. The molecule has 1 rings (SSSR count). The van der Waals surface area contributed by atoms with Crippen LogP contribution < -0.4 is 10.1 Å². The van der Waals surface area contributed by atoms with Gasteiger partial charge in [-0.15, -0.1) is 0 Å². The molecule has 0 aliphatic heterocycles. The molecule has 6 heteroatoms. The number of hydrogen-bond acceptors (Lipinski definition) is 3. The molecule has 6 nitrogen and oxygen atoms in total. The lowest BCUT2D eigenvalue weighted by Gasteiger charge is -2.04. The number of amides is 1. The van der Waals surface area contributed by atoms with Crippen LogP contribution in [0.2, 0.25) is 0 Å². The van der Waals surface area contributed by atoms with Crippen molar-refractivity contribution in [2.75, 3.05) is 20.2 Å². The molecule has 0 saturated carbocycles. The van der Waals surface area contributed by atoms with Crippen LogP contribution in [0.4, 0.5) is 0 Å². The zero-order valence-corrected chi connectivity index (χ0v) is 9.59. The Hall–Kier alpha value is -2.20. The monoisotopic (exact) mass is 234 g/mol. The van der Waals surface area contributed by atoms with E-state index in [1.165, 1.54) is 0 Å². The molecule has 0 aromatic heterocycles. The van der Waals surface area contributed by atoms with E-state index in [-0.39, 0.29) is 5.91 Å². The van der Waals surface area contributed by atoms with Gasteiger partial charge in [0, 0.05) is 23.6 Å². The Balaban J connectivity index is 2.38. The summed E-state index contributed by atoms with van der Waals surface area (Å²) in [6.07, 6.45) is 0.631. The second kappa shape index (κ2) is 7.14. The van der Waals surface area contributed by atoms with Crippen molar-refractivity contribution in [2.45, 2.75) is 6.42 Å². The fourth-order valence-corrected chi connectivity index (χ4v) is 1.24. The van der Waals surface area contributed by atoms with Gasteiger partial charge >= 0.3 is 0 Å². The summed E-state index contributed by atoms with van der Waals surface area (Å²) < 4.78 is 5.00. The van der Waals surface area contributed by atoms with E-state index in [2.05, 4.69) is 15.3 Å². The Morgan fingerprint density at radius 3 is 2.76 bits per heavy atom. The number of ether oxygens (including phenoxy) is 1. The highest BCUT2D eigenvalue weighted by molar-refractivity contribution is 5.94. The fraction of sp³-hybridized carbons (Fsp3) is 0.364. The van der Waals surface area contributed by atoms with Crippen LogP contribution in [0.1, 0.15) is 16.8 Å². The van der Waals surface area contributed by atoms with Crippen molar-refractivity contribution in [3.63, 3.8) is 0 Å². The molecule has 0 unspecified atom stereocenters. The van der Waals surface area contributed by atoms with Gasteiger partial charge in [-0.3, -0.25) is 4.79 Å². The van der Waals surface area contributed by atoms with Crippen LogP contribution >= 0.6 is 0 Å². The quantitative estimate of drug-likeness (QED) is 0.353. The number of azide groups is 1. The molecule has 0 aliphatic rings. The lowest BCUT2D eigenvalue weighted by molar-refractivity contribution is 0.0953. The number of carbonyl (C=O) groups is 1. The van der Waals surface area contributed by atoms with E-state index in [0.717, 1.165) is 0 Å². The highest BCUT2D eigenvalue weighted by Gasteiger charge is 2.03. The van der Waals surface area contributed by atoms with Crippen molar-refractivity contribution in [3.05, 3.63) is 40.3 Å². The first-order chi connectivity index (χ1) is 8.27. The molecule has 0 spiro atoms. The molecule has 0 bridgehead atoms. The maximum absolute atomic E-state index is 11.6. The predicted octanol–water partition coefficient (Wildman–Crippen LogP) is 2.13. The zero-order chi connectivity index (χ0) is 12.5. The molecule has 0 heterocycles. The van der Waals surface area contributed by atoms with E-state index in [1.807, 2.05) is 0 Å². The molecule has 1 N–H and O–H groups in total. The second-order valence-corrected chi connectivity index (χ2v) is 3.29. The SMILES string of the molecule is COc1ccc(C(=O)NCCCN=[N+]=[N-])cc1. The van der Waals surface area contributed by atoms with Crippen LogP contribution in [0.5, 0.6) is 5.75 Å². The van der Waals surface area contributed by atoms with Gasteiger partial charge in [-0.05, 0) is 36.2 Å². The van der Waals surface area contributed by atoms with Crippen LogP contribution in [-0.2, 0) is 0 Å². The molecule has 17 heavy (non-hydrogen) atoms. The van der Waals surface area contributed by atoms with Gasteiger partial charge in [-0.25, -0.2) is 0 Å². The Kier molecular flexibility index (Phi) is 5.40. The van der Waals surface area contributed by atoms with Crippen LogP contribution in [0.25, 0.3) is 10.4 Å². The van der Waals surface area contributed by atoms with Gasteiger partial charge in [0.2, 0.25) is 0 Å². The van der Waals surface area contributed by atoms with Crippen molar-refractivity contribution in [1.82, 2.24) is 5.32 Å². The third-order valence-electron chi connectivity index (χ3n) is 2.14. The molecule has 1 aromatic rings. The summed E-state index contributed by atoms with van der Waals surface area (Å²) in [5, 5.41) is 6.11.